The topological polar surface area (TPSA) is 86.4 Å². The zero-order valence-corrected chi connectivity index (χ0v) is 15.0. The van der Waals surface area contributed by atoms with Crippen molar-refractivity contribution in [2.45, 2.75) is 25.7 Å². The van der Waals surface area contributed by atoms with Gasteiger partial charge in [-0.3, -0.25) is 0 Å². The van der Waals surface area contributed by atoms with Crippen molar-refractivity contribution in [1.29, 1.82) is 0 Å². The second-order valence-electron chi connectivity index (χ2n) is 6.83. The summed E-state index contributed by atoms with van der Waals surface area (Å²) in [7, 11) is 1.67. The van der Waals surface area contributed by atoms with Crippen LogP contribution in [0.25, 0.3) is 0 Å². The van der Waals surface area contributed by atoms with Crippen LogP contribution in [-0.4, -0.2) is 48.4 Å². The summed E-state index contributed by atoms with van der Waals surface area (Å²) in [5.74, 6) is 2.43. The van der Waals surface area contributed by atoms with E-state index in [2.05, 4.69) is 34.8 Å². The van der Waals surface area contributed by atoms with Gasteiger partial charge in [-0.2, -0.15) is 15.0 Å². The highest BCUT2D eigenvalue weighted by atomic mass is 16.5. The number of anilines is 2. The van der Waals surface area contributed by atoms with Crippen molar-refractivity contribution < 1.29 is 9.47 Å². The average Bonchev–Trinajstić information content (AvgIpc) is 2.62. The van der Waals surface area contributed by atoms with E-state index in [4.69, 9.17) is 20.2 Å². The molecule has 1 fully saturated rings. The van der Waals surface area contributed by atoms with Crippen molar-refractivity contribution >= 4 is 11.9 Å². The molecule has 0 aliphatic carbocycles. The highest BCUT2D eigenvalue weighted by Crippen LogP contribution is 2.28. The Morgan fingerprint density at radius 3 is 2.68 bits per heavy atom. The zero-order chi connectivity index (χ0) is 17.9. The van der Waals surface area contributed by atoms with Gasteiger partial charge in [0.1, 0.15) is 11.6 Å². The van der Waals surface area contributed by atoms with Gasteiger partial charge in [0, 0.05) is 18.5 Å². The van der Waals surface area contributed by atoms with Crippen molar-refractivity contribution in [2.24, 2.45) is 0 Å². The molecule has 0 radical (unpaired) electrons. The number of rotatable bonds is 5. The molecule has 25 heavy (non-hydrogen) atoms. The van der Waals surface area contributed by atoms with E-state index in [1.165, 1.54) is 0 Å². The Labute approximate surface area is 148 Å². The molecular weight excluding hydrogens is 318 g/mol. The number of hydrogen-bond acceptors (Lipinski definition) is 7. The molecule has 0 bridgehead atoms. The van der Waals surface area contributed by atoms with Gasteiger partial charge in [0.05, 0.1) is 20.3 Å². The molecule has 0 unspecified atom stereocenters. The van der Waals surface area contributed by atoms with Crippen LogP contribution in [0.5, 0.6) is 5.75 Å². The summed E-state index contributed by atoms with van der Waals surface area (Å²) < 4.78 is 10.7. The molecule has 0 atom stereocenters. The fraction of sp³-hybridized carbons (Fsp3) is 0.500. The summed E-state index contributed by atoms with van der Waals surface area (Å²) in [5, 5.41) is 0. The van der Waals surface area contributed by atoms with E-state index in [0.717, 1.165) is 30.8 Å². The number of morpholine rings is 1. The highest BCUT2D eigenvalue weighted by molar-refractivity contribution is 5.37. The number of benzene rings is 1. The van der Waals surface area contributed by atoms with Crippen LogP contribution in [0, 0.1) is 0 Å². The van der Waals surface area contributed by atoms with Crippen molar-refractivity contribution in [3.63, 3.8) is 0 Å². The van der Waals surface area contributed by atoms with Gasteiger partial charge < -0.3 is 20.1 Å². The van der Waals surface area contributed by atoms with Gasteiger partial charge in [0.15, 0.2) is 0 Å². The first-order valence-electron chi connectivity index (χ1n) is 8.45. The van der Waals surface area contributed by atoms with E-state index in [9.17, 15) is 0 Å². The molecule has 2 N–H and O–H groups in total. The van der Waals surface area contributed by atoms with Gasteiger partial charge >= 0.3 is 0 Å². The number of hydrogen-bond donors (Lipinski definition) is 1. The highest BCUT2D eigenvalue weighted by Gasteiger charge is 2.27. The number of nitrogens with zero attached hydrogens (tertiary/aromatic N) is 4. The van der Waals surface area contributed by atoms with E-state index in [0.29, 0.717) is 25.0 Å². The molecule has 1 aromatic carbocycles. The second-order valence-corrected chi connectivity index (χ2v) is 6.83. The van der Waals surface area contributed by atoms with Crippen LogP contribution in [0.15, 0.2) is 24.3 Å². The lowest BCUT2D eigenvalue weighted by Gasteiger charge is -2.29. The summed E-state index contributed by atoms with van der Waals surface area (Å²) >= 11 is 0. The Morgan fingerprint density at radius 1 is 1.20 bits per heavy atom. The molecule has 3 rings (SSSR count). The fourth-order valence-corrected chi connectivity index (χ4v) is 2.96. The van der Waals surface area contributed by atoms with Gasteiger partial charge in [0.25, 0.3) is 0 Å². The molecule has 1 saturated heterocycles. The fourth-order valence-electron chi connectivity index (χ4n) is 2.96. The Kier molecular flexibility index (Phi) is 5.03. The third-order valence-corrected chi connectivity index (χ3v) is 4.32. The number of nitrogens with two attached hydrogens (primary N) is 1. The van der Waals surface area contributed by atoms with Crippen LogP contribution in [-0.2, 0) is 16.6 Å². The van der Waals surface area contributed by atoms with Crippen LogP contribution in [0.4, 0.5) is 11.9 Å². The lowest BCUT2D eigenvalue weighted by Crippen LogP contribution is -2.38. The molecule has 0 spiro atoms. The number of nitrogen functional groups attached to an aromatic ring is 1. The Balaban J connectivity index is 1.86. The van der Waals surface area contributed by atoms with Gasteiger partial charge in [-0.15, -0.1) is 0 Å². The largest absolute Gasteiger partial charge is 0.497 e. The van der Waals surface area contributed by atoms with Gasteiger partial charge in [-0.1, -0.05) is 26.0 Å². The number of methoxy groups -OCH3 is 1. The monoisotopic (exact) mass is 343 g/mol. The Hall–Kier alpha value is -2.41. The molecule has 7 nitrogen and oxygen atoms in total. The third-order valence-electron chi connectivity index (χ3n) is 4.32. The summed E-state index contributed by atoms with van der Waals surface area (Å²) in [6, 6.07) is 8.05. The van der Waals surface area contributed by atoms with Crippen LogP contribution >= 0.6 is 0 Å². The summed E-state index contributed by atoms with van der Waals surface area (Å²) in [5.41, 5.74) is 6.84. The number of ether oxygens (including phenoxy) is 2. The molecular formula is C18H25N5O2. The molecule has 1 aliphatic rings. The summed E-state index contributed by atoms with van der Waals surface area (Å²) in [6.07, 6.45) is 0.774. The third kappa shape index (κ3) is 4.17. The molecule has 1 aromatic heterocycles. The van der Waals surface area contributed by atoms with Gasteiger partial charge in [-0.05, 0) is 24.1 Å². The smallest absolute Gasteiger partial charge is 0.230 e. The molecule has 0 amide bonds. The van der Waals surface area contributed by atoms with Crippen LogP contribution < -0.4 is 15.4 Å². The molecule has 2 heterocycles. The lowest BCUT2D eigenvalue weighted by molar-refractivity contribution is 0.122. The maximum Gasteiger partial charge on any atom is 0.230 e. The molecule has 2 aromatic rings. The zero-order valence-electron chi connectivity index (χ0n) is 15.0. The molecule has 0 saturated carbocycles. The molecule has 134 valence electrons. The SMILES string of the molecule is COc1cccc(CC(C)(C)c2nc(N)nc(N3CCOCC3)n2)c1. The van der Waals surface area contributed by atoms with Crippen LogP contribution in [0.1, 0.15) is 25.2 Å². The molecule has 7 heteroatoms. The first-order chi connectivity index (χ1) is 12.0. The Bertz CT molecular complexity index is 729. The predicted molar refractivity (Wildman–Crippen MR) is 97.0 cm³/mol. The standard InChI is InChI=1S/C18H25N5O2/c1-18(2,12-13-5-4-6-14(11-13)24-3)15-20-16(19)22-17(21-15)23-7-9-25-10-8-23/h4-6,11H,7-10,12H2,1-3H3,(H2,19,20,21,22). The van der Waals surface area contributed by atoms with Gasteiger partial charge in [0.2, 0.25) is 11.9 Å². The minimum absolute atomic E-state index is 0.255. The minimum atomic E-state index is -0.287. The minimum Gasteiger partial charge on any atom is -0.497 e. The maximum absolute atomic E-state index is 5.96. The van der Waals surface area contributed by atoms with Crippen LogP contribution in [0.3, 0.4) is 0 Å². The van der Waals surface area contributed by atoms with Crippen molar-refractivity contribution in [1.82, 2.24) is 15.0 Å². The van der Waals surface area contributed by atoms with Crippen molar-refractivity contribution in [3.05, 3.63) is 35.7 Å². The van der Waals surface area contributed by atoms with E-state index < -0.39 is 0 Å². The first-order valence-corrected chi connectivity index (χ1v) is 8.45. The summed E-state index contributed by atoms with van der Waals surface area (Å²) in [4.78, 5) is 15.5. The van der Waals surface area contributed by atoms with Crippen molar-refractivity contribution in [3.8, 4) is 5.75 Å². The normalized spacial score (nSPS) is 15.2. The van der Waals surface area contributed by atoms with E-state index in [1.54, 1.807) is 7.11 Å². The summed E-state index contributed by atoms with van der Waals surface area (Å²) in [6.45, 7) is 7.11. The van der Waals surface area contributed by atoms with Gasteiger partial charge in [-0.25, -0.2) is 0 Å². The predicted octanol–water partition coefficient (Wildman–Crippen LogP) is 1.82. The Morgan fingerprint density at radius 2 is 1.96 bits per heavy atom. The van der Waals surface area contributed by atoms with Crippen LogP contribution in [0.2, 0.25) is 0 Å². The number of aromatic nitrogens is 3. The van der Waals surface area contributed by atoms with E-state index in [-0.39, 0.29) is 11.4 Å². The quantitative estimate of drug-likeness (QED) is 0.886. The molecule has 1 aliphatic heterocycles. The second kappa shape index (κ2) is 7.23. The van der Waals surface area contributed by atoms with E-state index in [1.807, 2.05) is 18.2 Å². The van der Waals surface area contributed by atoms with E-state index >= 15 is 0 Å². The maximum atomic E-state index is 5.96. The lowest BCUT2D eigenvalue weighted by atomic mass is 9.85. The average molecular weight is 343 g/mol. The first kappa shape index (κ1) is 17.4. The van der Waals surface area contributed by atoms with Crippen molar-refractivity contribution in [2.75, 3.05) is 44.0 Å².